The number of hydrogen-bond acceptors (Lipinski definition) is 4. The molecule has 2 heterocycles. The number of hydrogen-bond donors (Lipinski definition) is 0. The fraction of sp³-hybridized carbons (Fsp3) is 0.154. The van der Waals surface area contributed by atoms with Crippen molar-refractivity contribution in [3.63, 3.8) is 0 Å². The van der Waals surface area contributed by atoms with Gasteiger partial charge in [-0.15, -0.1) is 0 Å². The molecule has 0 N–H and O–H groups in total. The van der Waals surface area contributed by atoms with Gasteiger partial charge in [0, 0.05) is 0 Å². The van der Waals surface area contributed by atoms with E-state index < -0.39 is 5.82 Å². The lowest BCUT2D eigenvalue weighted by atomic mass is 10.0. The lowest BCUT2D eigenvalue weighted by Gasteiger charge is -2.12. The highest BCUT2D eigenvalue weighted by Gasteiger charge is 2.17. The second-order valence-electron chi connectivity index (χ2n) is 4.15. The van der Waals surface area contributed by atoms with Crippen molar-refractivity contribution in [3.8, 4) is 5.75 Å². The first-order valence-electron chi connectivity index (χ1n) is 5.60. The van der Waals surface area contributed by atoms with E-state index in [2.05, 4.69) is 9.97 Å². The Kier molecular flexibility index (Phi) is 2.91. The Balaban J connectivity index is 2.10. The summed E-state index contributed by atoms with van der Waals surface area (Å²) in [6, 6.07) is 5.71. The van der Waals surface area contributed by atoms with E-state index >= 15 is 0 Å². The molecule has 0 unspecified atom stereocenters. The summed E-state index contributed by atoms with van der Waals surface area (Å²) in [6.45, 7) is 0.189. The van der Waals surface area contributed by atoms with E-state index in [1.807, 2.05) is 0 Å². The molecule has 0 spiro atoms. The van der Waals surface area contributed by atoms with Crippen molar-refractivity contribution < 1.29 is 13.9 Å². The van der Waals surface area contributed by atoms with Crippen molar-refractivity contribution >= 4 is 17.4 Å². The molecule has 1 aliphatic rings. The number of carbonyl (C=O) groups is 1. The highest BCUT2D eigenvalue weighted by molar-refractivity contribution is 6.28. The Labute approximate surface area is 113 Å². The van der Waals surface area contributed by atoms with Crippen LogP contribution in [0.3, 0.4) is 0 Å². The SMILES string of the molecule is O=C1Cc2cc(nc(Cl)n2)COc2ccc(F)c1c2. The van der Waals surface area contributed by atoms with Crippen molar-refractivity contribution in [2.75, 3.05) is 0 Å². The summed E-state index contributed by atoms with van der Waals surface area (Å²) in [5.74, 6) is -0.521. The van der Waals surface area contributed by atoms with Gasteiger partial charge in [-0.25, -0.2) is 14.4 Å². The van der Waals surface area contributed by atoms with Gasteiger partial charge in [-0.3, -0.25) is 4.79 Å². The van der Waals surface area contributed by atoms with Crippen LogP contribution in [0, 0.1) is 5.82 Å². The maximum Gasteiger partial charge on any atom is 0.222 e. The molecule has 3 rings (SSSR count). The summed E-state index contributed by atoms with van der Waals surface area (Å²) in [6.07, 6.45) is -0.0182. The zero-order chi connectivity index (χ0) is 13.4. The van der Waals surface area contributed by atoms with E-state index in [0.29, 0.717) is 17.1 Å². The summed E-state index contributed by atoms with van der Waals surface area (Å²) >= 11 is 5.78. The average Bonchev–Trinajstić information content (AvgIpc) is 2.36. The maximum absolute atomic E-state index is 13.6. The van der Waals surface area contributed by atoms with Crippen LogP contribution in [0.2, 0.25) is 5.28 Å². The lowest BCUT2D eigenvalue weighted by Crippen LogP contribution is -2.12. The molecule has 4 nitrogen and oxygen atoms in total. The van der Waals surface area contributed by atoms with Gasteiger partial charge in [-0.05, 0) is 35.9 Å². The molecule has 1 aliphatic heterocycles. The van der Waals surface area contributed by atoms with Crippen molar-refractivity contribution in [2.24, 2.45) is 0 Å². The van der Waals surface area contributed by atoms with Crippen LogP contribution in [0.5, 0.6) is 5.75 Å². The molecule has 0 amide bonds. The highest BCUT2D eigenvalue weighted by Crippen LogP contribution is 2.21. The first-order chi connectivity index (χ1) is 9.11. The largest absolute Gasteiger partial charge is 0.487 e. The zero-order valence-electron chi connectivity index (χ0n) is 9.69. The standard InChI is InChI=1S/C13H8ClFN2O2/c14-13-16-7-3-8(17-13)6-19-9-1-2-11(15)10(5-9)12(18)4-7/h1-3,5H,4,6H2. The van der Waals surface area contributed by atoms with Crippen molar-refractivity contribution in [1.29, 1.82) is 0 Å². The molecule has 1 aromatic heterocycles. The molecule has 0 saturated heterocycles. The third-order valence-corrected chi connectivity index (χ3v) is 2.94. The molecule has 4 bridgehead atoms. The Bertz CT molecular complexity index is 676. The normalized spacial score (nSPS) is 13.9. The first kappa shape index (κ1) is 12.0. The third-order valence-electron chi connectivity index (χ3n) is 2.77. The van der Waals surface area contributed by atoms with Gasteiger partial charge in [0.15, 0.2) is 5.78 Å². The second kappa shape index (κ2) is 4.59. The number of Topliss-reactive ketones (excluding diaryl/α,β-unsaturated/α-hetero) is 1. The van der Waals surface area contributed by atoms with Crippen LogP contribution in [0.25, 0.3) is 0 Å². The number of rotatable bonds is 0. The molecule has 0 saturated carbocycles. The number of halogens is 2. The number of benzene rings is 1. The molecule has 0 radical (unpaired) electrons. The van der Waals surface area contributed by atoms with Crippen LogP contribution in [0.15, 0.2) is 24.3 Å². The molecular formula is C13H8ClFN2O2. The third kappa shape index (κ3) is 2.42. The number of ether oxygens (including phenoxy) is 1. The number of ketones is 1. The summed E-state index contributed by atoms with van der Waals surface area (Å²) in [5.41, 5.74) is 1.03. The quantitative estimate of drug-likeness (QED) is 0.695. The average molecular weight is 279 g/mol. The monoisotopic (exact) mass is 278 g/mol. The van der Waals surface area contributed by atoms with Crippen LogP contribution in [-0.4, -0.2) is 15.8 Å². The Hall–Kier alpha value is -2.01. The number of fused-ring (bicyclic) bond motifs is 4. The summed E-state index contributed by atoms with van der Waals surface area (Å²) in [7, 11) is 0. The van der Waals surface area contributed by atoms with Crippen molar-refractivity contribution in [3.05, 3.63) is 52.3 Å². The topological polar surface area (TPSA) is 52.1 Å². The van der Waals surface area contributed by atoms with E-state index in [9.17, 15) is 9.18 Å². The van der Waals surface area contributed by atoms with Crippen LogP contribution in [0.1, 0.15) is 21.7 Å². The minimum absolute atomic E-state index is 0.00400. The van der Waals surface area contributed by atoms with Gasteiger partial charge in [0.2, 0.25) is 5.28 Å². The van der Waals surface area contributed by atoms with Gasteiger partial charge < -0.3 is 4.74 Å². The predicted octanol–water partition coefficient (Wildman–Crippen LogP) is 2.59. The molecule has 1 aromatic carbocycles. The van der Waals surface area contributed by atoms with Gasteiger partial charge in [0.05, 0.1) is 23.4 Å². The highest BCUT2D eigenvalue weighted by atomic mass is 35.5. The molecular weight excluding hydrogens is 271 g/mol. The molecule has 96 valence electrons. The summed E-state index contributed by atoms with van der Waals surface area (Å²) < 4.78 is 19.1. The van der Waals surface area contributed by atoms with E-state index in [1.165, 1.54) is 18.2 Å². The van der Waals surface area contributed by atoms with Gasteiger partial charge in [0.25, 0.3) is 0 Å². The number of nitrogens with zero attached hydrogens (tertiary/aromatic N) is 2. The molecule has 2 aromatic rings. The summed E-state index contributed by atoms with van der Waals surface area (Å²) in [5, 5.41) is 0.0496. The molecule has 0 atom stereocenters. The van der Waals surface area contributed by atoms with E-state index in [0.717, 1.165) is 0 Å². The van der Waals surface area contributed by atoms with Crippen molar-refractivity contribution in [2.45, 2.75) is 13.0 Å². The van der Waals surface area contributed by atoms with Gasteiger partial charge in [-0.1, -0.05) is 0 Å². The van der Waals surface area contributed by atoms with Gasteiger partial charge >= 0.3 is 0 Å². The number of carbonyl (C=O) groups excluding carboxylic acids is 1. The summed E-state index contributed by atoms with van der Waals surface area (Å²) in [4.78, 5) is 20.0. The maximum atomic E-state index is 13.6. The second-order valence-corrected chi connectivity index (χ2v) is 4.49. The van der Waals surface area contributed by atoms with Crippen molar-refractivity contribution in [1.82, 2.24) is 9.97 Å². The Morgan fingerprint density at radius 1 is 1.21 bits per heavy atom. The van der Waals surface area contributed by atoms with Crippen LogP contribution < -0.4 is 4.74 Å². The number of aromatic nitrogens is 2. The Morgan fingerprint density at radius 2 is 2.00 bits per heavy atom. The lowest BCUT2D eigenvalue weighted by molar-refractivity contribution is 0.0987. The predicted molar refractivity (Wildman–Crippen MR) is 65.8 cm³/mol. The first-order valence-corrected chi connectivity index (χ1v) is 5.97. The van der Waals surface area contributed by atoms with Crippen LogP contribution >= 0.6 is 11.6 Å². The van der Waals surface area contributed by atoms with E-state index in [4.69, 9.17) is 16.3 Å². The Morgan fingerprint density at radius 3 is 2.84 bits per heavy atom. The van der Waals surface area contributed by atoms with Gasteiger partial charge in [0.1, 0.15) is 18.2 Å². The molecule has 6 heteroatoms. The van der Waals surface area contributed by atoms with E-state index in [1.54, 1.807) is 6.07 Å². The minimum atomic E-state index is -0.571. The minimum Gasteiger partial charge on any atom is -0.487 e. The molecule has 19 heavy (non-hydrogen) atoms. The zero-order valence-corrected chi connectivity index (χ0v) is 10.4. The fourth-order valence-electron chi connectivity index (χ4n) is 1.91. The van der Waals surface area contributed by atoms with Crippen LogP contribution in [-0.2, 0) is 13.0 Å². The smallest absolute Gasteiger partial charge is 0.222 e. The van der Waals surface area contributed by atoms with Gasteiger partial charge in [-0.2, -0.15) is 0 Å². The molecule has 0 aliphatic carbocycles. The van der Waals surface area contributed by atoms with E-state index in [-0.39, 0.29) is 29.7 Å². The fourth-order valence-corrected chi connectivity index (χ4v) is 2.13. The van der Waals surface area contributed by atoms with Crippen LogP contribution in [0.4, 0.5) is 4.39 Å². The molecule has 0 fully saturated rings.